The van der Waals surface area contributed by atoms with Gasteiger partial charge in [0.2, 0.25) is 0 Å². The van der Waals surface area contributed by atoms with Crippen molar-refractivity contribution in [1.29, 1.82) is 0 Å². The van der Waals surface area contributed by atoms with Crippen LogP contribution in [0.2, 0.25) is 0 Å². The summed E-state index contributed by atoms with van der Waals surface area (Å²) in [5.41, 5.74) is 6.23. The van der Waals surface area contributed by atoms with Gasteiger partial charge in [0.25, 0.3) is 0 Å². The Balaban J connectivity index is 1.57. The number of carbonyl (C=O) groups excluding carboxylic acids is 1. The van der Waals surface area contributed by atoms with Gasteiger partial charge in [-0.15, -0.1) is 0 Å². The molecular weight excluding hydrogens is 528 g/mol. The van der Waals surface area contributed by atoms with Crippen LogP contribution in [0.25, 0.3) is 22.3 Å². The monoisotopic (exact) mass is 568 g/mol. The lowest BCUT2D eigenvalue weighted by Gasteiger charge is -2.31. The first-order valence-corrected chi connectivity index (χ1v) is 15.0. The highest BCUT2D eigenvalue weighted by molar-refractivity contribution is 5.92. The molecule has 0 aromatic heterocycles. The molecule has 5 rings (SSSR count). The topological polar surface area (TPSA) is 35.5 Å². The molecule has 218 valence electrons. The van der Waals surface area contributed by atoms with Crippen LogP contribution in [0, 0.1) is 0 Å². The zero-order valence-electron chi connectivity index (χ0n) is 25.8. The minimum absolute atomic E-state index is 0.271. The summed E-state index contributed by atoms with van der Waals surface area (Å²) in [6, 6.07) is 42.3. The van der Waals surface area contributed by atoms with Crippen LogP contribution in [-0.2, 0) is 5.41 Å². The average Bonchev–Trinajstić information content (AvgIpc) is 3.02. The summed E-state index contributed by atoms with van der Waals surface area (Å²) in [6.07, 6.45) is 2.02. The second-order valence-electron chi connectivity index (χ2n) is 12.1. The molecule has 0 fully saturated rings. The lowest BCUT2D eigenvalue weighted by atomic mass is 9.76. The Labute approximate surface area is 256 Å². The molecule has 0 bridgehead atoms. The molecule has 3 heteroatoms. The summed E-state index contributed by atoms with van der Waals surface area (Å²) in [5, 5.41) is 0. The van der Waals surface area contributed by atoms with E-state index in [0.29, 0.717) is 11.3 Å². The highest BCUT2D eigenvalue weighted by Gasteiger charge is 2.28. The molecule has 43 heavy (non-hydrogen) atoms. The molecule has 0 N–H and O–H groups in total. The van der Waals surface area contributed by atoms with Gasteiger partial charge in [0, 0.05) is 16.5 Å². The Morgan fingerprint density at radius 2 is 1.07 bits per heavy atom. The first-order valence-electron chi connectivity index (χ1n) is 15.0. The number of hydrogen-bond donors (Lipinski definition) is 0. The molecule has 0 saturated carbocycles. The van der Waals surface area contributed by atoms with E-state index in [-0.39, 0.29) is 17.0 Å². The van der Waals surface area contributed by atoms with E-state index in [2.05, 4.69) is 89.2 Å². The van der Waals surface area contributed by atoms with Gasteiger partial charge in [0.05, 0.1) is 5.56 Å². The molecule has 5 aromatic rings. The van der Waals surface area contributed by atoms with Crippen molar-refractivity contribution in [1.82, 2.24) is 0 Å². The zero-order valence-corrected chi connectivity index (χ0v) is 25.8. The molecule has 5 aromatic carbocycles. The van der Waals surface area contributed by atoms with Gasteiger partial charge >= 0.3 is 5.97 Å². The Morgan fingerprint density at radius 1 is 0.605 bits per heavy atom. The third kappa shape index (κ3) is 6.89. The largest absolute Gasteiger partial charge is 0.487 e. The van der Waals surface area contributed by atoms with Crippen LogP contribution < -0.4 is 9.47 Å². The second kappa shape index (κ2) is 12.7. The van der Waals surface area contributed by atoms with E-state index in [4.69, 9.17) is 9.47 Å². The summed E-state index contributed by atoms with van der Waals surface area (Å²) in [6.45, 7) is 11.0. The quantitative estimate of drug-likeness (QED) is 0.124. The van der Waals surface area contributed by atoms with Crippen LogP contribution in [0.3, 0.4) is 0 Å². The maximum atomic E-state index is 13.0. The summed E-state index contributed by atoms with van der Waals surface area (Å²) >= 11 is 0. The number of rotatable bonds is 10. The molecule has 0 radical (unpaired) electrons. The van der Waals surface area contributed by atoms with Crippen molar-refractivity contribution in [3.05, 3.63) is 144 Å². The Bertz CT molecular complexity index is 1670. The Kier molecular flexibility index (Phi) is 8.82. The average molecular weight is 569 g/mol. The molecular formula is C40H40O3. The predicted molar refractivity (Wildman–Crippen MR) is 177 cm³/mol. The third-order valence-electron chi connectivity index (χ3n) is 8.02. The van der Waals surface area contributed by atoms with Crippen LogP contribution in [0.1, 0.15) is 68.9 Å². The fraction of sp³-hybridized carbons (Fsp3) is 0.225. The lowest BCUT2D eigenvalue weighted by molar-refractivity contribution is 0.0735. The first-order chi connectivity index (χ1) is 20.7. The molecule has 3 nitrogen and oxygen atoms in total. The van der Waals surface area contributed by atoms with Gasteiger partial charge in [-0.05, 0) is 78.9 Å². The highest BCUT2D eigenvalue weighted by atomic mass is 16.5. The smallest absolute Gasteiger partial charge is 0.343 e. The second-order valence-corrected chi connectivity index (χ2v) is 12.1. The Hall–Kier alpha value is -4.63. The fourth-order valence-corrected chi connectivity index (χ4v) is 5.55. The first kappa shape index (κ1) is 29.8. The maximum absolute atomic E-state index is 13.0. The molecule has 0 aliphatic rings. The van der Waals surface area contributed by atoms with Crippen molar-refractivity contribution in [3.63, 3.8) is 0 Å². The van der Waals surface area contributed by atoms with Crippen molar-refractivity contribution < 1.29 is 14.3 Å². The standard InChI is InChI=1S/C40H40O3/c1-6-26-39(2,3)43-37-25-23-33(28-35(37)30-18-12-8-13-19-30)40(4,5)32-22-24-36(34(27-32)29-16-10-7-11-17-29)42-38(41)31-20-14-9-15-21-31/h7-25,27-28H,6,26H2,1-5H3. The summed E-state index contributed by atoms with van der Waals surface area (Å²) < 4.78 is 12.6. The van der Waals surface area contributed by atoms with Crippen LogP contribution >= 0.6 is 0 Å². The van der Waals surface area contributed by atoms with Crippen molar-refractivity contribution in [2.24, 2.45) is 0 Å². The maximum Gasteiger partial charge on any atom is 0.343 e. The summed E-state index contributed by atoms with van der Waals surface area (Å²) in [5.74, 6) is 1.04. The molecule has 0 aliphatic heterocycles. The van der Waals surface area contributed by atoms with Crippen molar-refractivity contribution >= 4 is 5.97 Å². The van der Waals surface area contributed by atoms with E-state index < -0.39 is 0 Å². The van der Waals surface area contributed by atoms with E-state index in [1.807, 2.05) is 60.7 Å². The van der Waals surface area contributed by atoms with Gasteiger partial charge in [-0.1, -0.05) is 118 Å². The van der Waals surface area contributed by atoms with Gasteiger partial charge in [-0.25, -0.2) is 4.79 Å². The Morgan fingerprint density at radius 3 is 1.58 bits per heavy atom. The third-order valence-corrected chi connectivity index (χ3v) is 8.02. The van der Waals surface area contributed by atoms with E-state index in [1.165, 1.54) is 5.56 Å². The van der Waals surface area contributed by atoms with Crippen molar-refractivity contribution in [3.8, 4) is 33.8 Å². The minimum Gasteiger partial charge on any atom is -0.487 e. The number of esters is 1. The molecule has 0 saturated heterocycles. The van der Waals surface area contributed by atoms with E-state index >= 15 is 0 Å². The van der Waals surface area contributed by atoms with E-state index in [0.717, 1.165) is 46.4 Å². The highest BCUT2D eigenvalue weighted by Crippen LogP contribution is 2.42. The number of carbonyl (C=O) groups is 1. The van der Waals surface area contributed by atoms with Gasteiger partial charge in [0.15, 0.2) is 0 Å². The van der Waals surface area contributed by atoms with Crippen molar-refractivity contribution in [2.75, 3.05) is 0 Å². The van der Waals surface area contributed by atoms with Gasteiger partial charge in [0.1, 0.15) is 17.1 Å². The van der Waals surface area contributed by atoms with Crippen LogP contribution in [-0.4, -0.2) is 11.6 Å². The van der Waals surface area contributed by atoms with Crippen LogP contribution in [0.15, 0.2) is 127 Å². The predicted octanol–water partition coefficient (Wildman–Crippen LogP) is 10.5. The molecule has 0 aliphatic carbocycles. The lowest BCUT2D eigenvalue weighted by Crippen LogP contribution is -2.28. The summed E-state index contributed by atoms with van der Waals surface area (Å²) in [4.78, 5) is 13.0. The van der Waals surface area contributed by atoms with Gasteiger partial charge < -0.3 is 9.47 Å². The number of hydrogen-bond acceptors (Lipinski definition) is 3. The number of ether oxygens (including phenoxy) is 2. The molecule has 0 heterocycles. The number of benzene rings is 5. The molecule has 0 amide bonds. The van der Waals surface area contributed by atoms with Crippen LogP contribution in [0.5, 0.6) is 11.5 Å². The van der Waals surface area contributed by atoms with Gasteiger partial charge in [-0.2, -0.15) is 0 Å². The minimum atomic E-state index is -0.376. The normalized spacial score (nSPS) is 11.7. The zero-order chi connectivity index (χ0) is 30.5. The molecule has 0 atom stereocenters. The summed E-state index contributed by atoms with van der Waals surface area (Å²) in [7, 11) is 0. The molecule has 0 unspecified atom stereocenters. The molecule has 0 spiro atoms. The SMILES string of the molecule is CCCC(C)(C)Oc1ccc(C(C)(C)c2ccc(OC(=O)c3ccccc3)c(-c3ccccc3)c2)cc1-c1ccccc1. The fourth-order valence-electron chi connectivity index (χ4n) is 5.55. The van der Waals surface area contributed by atoms with Crippen molar-refractivity contribution in [2.45, 2.75) is 58.5 Å². The van der Waals surface area contributed by atoms with E-state index in [1.54, 1.807) is 12.1 Å². The van der Waals surface area contributed by atoms with E-state index in [9.17, 15) is 4.79 Å². The van der Waals surface area contributed by atoms with Gasteiger partial charge in [-0.3, -0.25) is 0 Å². The van der Waals surface area contributed by atoms with Crippen LogP contribution in [0.4, 0.5) is 0 Å².